The number of piperidine rings is 1. The van der Waals surface area contributed by atoms with Crippen LogP contribution in [0.2, 0.25) is 0 Å². The second kappa shape index (κ2) is 7.07. The van der Waals surface area contributed by atoms with Crippen molar-refractivity contribution in [2.45, 2.75) is 18.8 Å². The molecule has 6 heteroatoms. The van der Waals surface area contributed by atoms with Gasteiger partial charge in [-0.3, -0.25) is 9.20 Å². The molecule has 1 atom stereocenters. The predicted octanol–water partition coefficient (Wildman–Crippen LogP) is 3.29. The van der Waals surface area contributed by atoms with Crippen molar-refractivity contribution in [3.8, 4) is 0 Å². The van der Waals surface area contributed by atoms with Gasteiger partial charge in [0, 0.05) is 31.3 Å². The van der Waals surface area contributed by atoms with Gasteiger partial charge in [-0.25, -0.2) is 4.39 Å². The monoisotopic (exact) mass is 350 g/mol. The second-order valence-electron chi connectivity index (χ2n) is 6.50. The van der Waals surface area contributed by atoms with Gasteiger partial charge >= 0.3 is 0 Å². The third-order valence-corrected chi connectivity index (χ3v) is 4.71. The first-order valence-electron chi connectivity index (χ1n) is 8.73. The number of hydrogen-bond donors (Lipinski definition) is 0. The average Bonchev–Trinajstić information content (AvgIpc) is 3.10. The van der Waals surface area contributed by atoms with Crippen LogP contribution in [0.1, 0.15) is 30.1 Å². The fourth-order valence-corrected chi connectivity index (χ4v) is 3.41. The first kappa shape index (κ1) is 16.4. The Morgan fingerprint density at radius 2 is 2.12 bits per heavy atom. The smallest absolute Gasteiger partial charge is 0.246 e. The van der Waals surface area contributed by atoms with Crippen molar-refractivity contribution in [2.24, 2.45) is 0 Å². The first-order valence-corrected chi connectivity index (χ1v) is 8.73. The number of fused-ring (bicyclic) bond motifs is 1. The lowest BCUT2D eigenvalue weighted by molar-refractivity contribution is -0.127. The Hall–Kier alpha value is -3.02. The van der Waals surface area contributed by atoms with Crippen molar-refractivity contribution >= 4 is 17.6 Å². The predicted molar refractivity (Wildman–Crippen MR) is 97.0 cm³/mol. The molecule has 0 spiro atoms. The summed E-state index contributed by atoms with van der Waals surface area (Å²) in [6.07, 6.45) is 7.02. The van der Waals surface area contributed by atoms with E-state index in [-0.39, 0.29) is 17.6 Å². The SMILES string of the molecule is O=C(/C=C/c1cccc(F)c1)N1CCCC(c2nnc3ccccn23)C1. The number of nitrogens with zero attached hydrogens (tertiary/aromatic N) is 4. The molecular weight excluding hydrogens is 331 g/mol. The number of aromatic nitrogens is 3. The molecule has 2 aromatic heterocycles. The highest BCUT2D eigenvalue weighted by Gasteiger charge is 2.26. The van der Waals surface area contributed by atoms with Crippen LogP contribution in [0.15, 0.2) is 54.7 Å². The molecule has 1 aromatic carbocycles. The number of halogens is 1. The molecule has 1 fully saturated rings. The van der Waals surface area contributed by atoms with Gasteiger partial charge in [0.25, 0.3) is 0 Å². The fourth-order valence-electron chi connectivity index (χ4n) is 3.41. The van der Waals surface area contributed by atoms with E-state index in [0.29, 0.717) is 12.1 Å². The van der Waals surface area contributed by atoms with Crippen LogP contribution >= 0.6 is 0 Å². The van der Waals surface area contributed by atoms with E-state index in [9.17, 15) is 9.18 Å². The molecule has 132 valence electrons. The van der Waals surface area contributed by atoms with Crippen molar-refractivity contribution in [2.75, 3.05) is 13.1 Å². The zero-order valence-corrected chi connectivity index (χ0v) is 14.3. The number of carbonyl (C=O) groups is 1. The van der Waals surface area contributed by atoms with Gasteiger partial charge in [-0.15, -0.1) is 10.2 Å². The van der Waals surface area contributed by atoms with Crippen molar-refractivity contribution in [3.63, 3.8) is 0 Å². The molecule has 3 heterocycles. The number of likely N-dealkylation sites (tertiary alicyclic amines) is 1. The zero-order valence-electron chi connectivity index (χ0n) is 14.3. The average molecular weight is 350 g/mol. The maximum Gasteiger partial charge on any atom is 0.246 e. The van der Waals surface area contributed by atoms with E-state index in [1.807, 2.05) is 33.7 Å². The molecule has 1 saturated heterocycles. The third-order valence-electron chi connectivity index (χ3n) is 4.71. The number of benzene rings is 1. The Kier molecular flexibility index (Phi) is 4.48. The lowest BCUT2D eigenvalue weighted by Gasteiger charge is -2.31. The van der Waals surface area contributed by atoms with E-state index in [1.165, 1.54) is 18.2 Å². The summed E-state index contributed by atoms with van der Waals surface area (Å²) in [5, 5.41) is 8.54. The fraction of sp³-hybridized carbons (Fsp3) is 0.250. The summed E-state index contributed by atoms with van der Waals surface area (Å²) in [5.74, 6) is 0.684. The Labute approximate surface area is 150 Å². The Morgan fingerprint density at radius 3 is 3.00 bits per heavy atom. The molecule has 0 radical (unpaired) electrons. The molecule has 0 N–H and O–H groups in total. The Balaban J connectivity index is 1.49. The van der Waals surface area contributed by atoms with Crippen LogP contribution in [0, 0.1) is 5.82 Å². The minimum Gasteiger partial charge on any atom is -0.338 e. The van der Waals surface area contributed by atoms with E-state index in [0.717, 1.165) is 30.9 Å². The van der Waals surface area contributed by atoms with Gasteiger partial charge < -0.3 is 4.90 Å². The molecule has 0 aliphatic carbocycles. The molecule has 0 bridgehead atoms. The van der Waals surface area contributed by atoms with Crippen molar-refractivity contribution < 1.29 is 9.18 Å². The topological polar surface area (TPSA) is 50.5 Å². The van der Waals surface area contributed by atoms with Crippen LogP contribution in [0.4, 0.5) is 4.39 Å². The van der Waals surface area contributed by atoms with Crippen LogP contribution in [0.25, 0.3) is 11.7 Å². The maximum absolute atomic E-state index is 13.2. The Bertz CT molecular complexity index is 965. The zero-order chi connectivity index (χ0) is 17.9. The molecule has 1 unspecified atom stereocenters. The molecular formula is C20H19FN4O. The highest BCUT2D eigenvalue weighted by molar-refractivity contribution is 5.91. The number of rotatable bonds is 3. The van der Waals surface area contributed by atoms with E-state index in [2.05, 4.69) is 10.2 Å². The van der Waals surface area contributed by atoms with E-state index in [1.54, 1.807) is 18.2 Å². The van der Waals surface area contributed by atoms with Crippen LogP contribution in [-0.4, -0.2) is 38.5 Å². The van der Waals surface area contributed by atoms with E-state index < -0.39 is 0 Å². The molecule has 1 aliphatic rings. The highest BCUT2D eigenvalue weighted by Crippen LogP contribution is 2.26. The number of hydrogen-bond acceptors (Lipinski definition) is 3. The quantitative estimate of drug-likeness (QED) is 0.681. The standard InChI is InChI=1S/C20H19FN4O/c21-17-7-3-5-15(13-17)9-10-19(26)24-11-4-6-16(14-24)20-23-22-18-8-1-2-12-25(18)20/h1-3,5,7-10,12-13,16H,4,6,11,14H2/b10-9+. The first-order chi connectivity index (χ1) is 12.7. The Morgan fingerprint density at radius 1 is 1.19 bits per heavy atom. The lowest BCUT2D eigenvalue weighted by Crippen LogP contribution is -2.38. The normalized spacial score (nSPS) is 17.9. The summed E-state index contributed by atoms with van der Waals surface area (Å²) in [6, 6.07) is 12.0. The van der Waals surface area contributed by atoms with Crippen molar-refractivity contribution in [1.82, 2.24) is 19.5 Å². The molecule has 1 aliphatic heterocycles. The summed E-state index contributed by atoms with van der Waals surface area (Å²) in [5.41, 5.74) is 1.49. The number of carbonyl (C=O) groups excluding carboxylic acids is 1. The number of pyridine rings is 1. The summed E-state index contributed by atoms with van der Waals surface area (Å²) < 4.78 is 15.2. The third kappa shape index (κ3) is 3.35. The molecule has 26 heavy (non-hydrogen) atoms. The van der Waals surface area contributed by atoms with Crippen molar-refractivity contribution in [3.05, 3.63) is 71.9 Å². The maximum atomic E-state index is 13.2. The van der Waals surface area contributed by atoms with Gasteiger partial charge in [0.15, 0.2) is 5.65 Å². The summed E-state index contributed by atoms with van der Waals surface area (Å²) in [4.78, 5) is 14.4. The van der Waals surface area contributed by atoms with Gasteiger partial charge in [-0.05, 0) is 48.7 Å². The van der Waals surface area contributed by atoms with E-state index >= 15 is 0 Å². The van der Waals surface area contributed by atoms with Crippen molar-refractivity contribution in [1.29, 1.82) is 0 Å². The molecule has 0 saturated carbocycles. The van der Waals surface area contributed by atoms with Gasteiger partial charge in [0.2, 0.25) is 5.91 Å². The molecule has 3 aromatic rings. The van der Waals surface area contributed by atoms with Crippen LogP contribution < -0.4 is 0 Å². The largest absolute Gasteiger partial charge is 0.338 e. The number of amides is 1. The van der Waals surface area contributed by atoms with Crippen LogP contribution in [-0.2, 0) is 4.79 Å². The van der Waals surface area contributed by atoms with Gasteiger partial charge in [-0.1, -0.05) is 18.2 Å². The second-order valence-corrected chi connectivity index (χ2v) is 6.50. The summed E-state index contributed by atoms with van der Waals surface area (Å²) >= 11 is 0. The summed E-state index contributed by atoms with van der Waals surface area (Å²) in [7, 11) is 0. The summed E-state index contributed by atoms with van der Waals surface area (Å²) in [6.45, 7) is 1.33. The van der Waals surface area contributed by atoms with Gasteiger partial charge in [-0.2, -0.15) is 0 Å². The van der Waals surface area contributed by atoms with Crippen LogP contribution in [0.3, 0.4) is 0 Å². The molecule has 5 nitrogen and oxygen atoms in total. The minimum absolute atomic E-state index is 0.0622. The molecule has 4 rings (SSSR count). The lowest BCUT2D eigenvalue weighted by atomic mass is 9.97. The highest BCUT2D eigenvalue weighted by atomic mass is 19.1. The van der Waals surface area contributed by atoms with Gasteiger partial charge in [0.1, 0.15) is 11.6 Å². The minimum atomic E-state index is -0.309. The van der Waals surface area contributed by atoms with E-state index in [4.69, 9.17) is 0 Å². The van der Waals surface area contributed by atoms with Crippen LogP contribution in [0.5, 0.6) is 0 Å². The van der Waals surface area contributed by atoms with Gasteiger partial charge in [0.05, 0.1) is 0 Å². The molecule has 1 amide bonds.